The Bertz CT molecular complexity index is 399. The van der Waals surface area contributed by atoms with Crippen molar-refractivity contribution in [2.75, 3.05) is 25.4 Å². The van der Waals surface area contributed by atoms with Crippen LogP contribution in [0.2, 0.25) is 0 Å². The van der Waals surface area contributed by atoms with Crippen LogP contribution in [0.5, 0.6) is 0 Å². The van der Waals surface area contributed by atoms with E-state index in [0.717, 1.165) is 11.8 Å². The van der Waals surface area contributed by atoms with Crippen molar-refractivity contribution in [1.82, 2.24) is 4.90 Å². The Labute approximate surface area is 121 Å². The van der Waals surface area contributed by atoms with Crippen molar-refractivity contribution in [2.24, 2.45) is 5.73 Å². The average molecular weight is 278 g/mol. The van der Waals surface area contributed by atoms with Crippen LogP contribution < -0.4 is 5.73 Å². The van der Waals surface area contributed by atoms with E-state index in [9.17, 15) is 0 Å². The van der Waals surface area contributed by atoms with Gasteiger partial charge < -0.3 is 5.73 Å². The summed E-state index contributed by atoms with van der Waals surface area (Å²) < 4.78 is 0. The minimum atomic E-state index is 0.385. The topological polar surface area (TPSA) is 29.3 Å². The first-order valence-corrected chi connectivity index (χ1v) is 8.34. The fraction of sp³-hybridized carbons (Fsp3) is 0.625. The van der Waals surface area contributed by atoms with Gasteiger partial charge in [0.25, 0.3) is 0 Å². The maximum absolute atomic E-state index is 6.11. The van der Waals surface area contributed by atoms with E-state index in [1.165, 1.54) is 35.4 Å². The quantitative estimate of drug-likeness (QED) is 0.917. The number of thioether (sulfide) groups is 1. The third kappa shape index (κ3) is 3.33. The van der Waals surface area contributed by atoms with Crippen LogP contribution in [-0.4, -0.2) is 35.5 Å². The largest absolute Gasteiger partial charge is 0.329 e. The highest BCUT2D eigenvalue weighted by Gasteiger charge is 2.27. The van der Waals surface area contributed by atoms with Crippen LogP contribution in [0.4, 0.5) is 0 Å². The summed E-state index contributed by atoms with van der Waals surface area (Å²) in [5.41, 5.74) is 10.3. The van der Waals surface area contributed by atoms with Gasteiger partial charge in [-0.3, -0.25) is 4.90 Å². The lowest BCUT2D eigenvalue weighted by Gasteiger charge is -2.38. The predicted molar refractivity (Wildman–Crippen MR) is 85.8 cm³/mol. The van der Waals surface area contributed by atoms with E-state index >= 15 is 0 Å². The fourth-order valence-corrected chi connectivity index (χ4v) is 4.28. The van der Waals surface area contributed by atoms with Gasteiger partial charge in [0.2, 0.25) is 0 Å². The zero-order chi connectivity index (χ0) is 13.8. The molecule has 1 aromatic rings. The molecule has 2 rings (SSSR count). The monoisotopic (exact) mass is 278 g/mol. The maximum atomic E-state index is 6.11. The summed E-state index contributed by atoms with van der Waals surface area (Å²) in [7, 11) is 0. The van der Waals surface area contributed by atoms with E-state index in [4.69, 9.17) is 5.73 Å². The molecular formula is C16H26N2S. The highest BCUT2D eigenvalue weighted by Crippen LogP contribution is 2.31. The van der Waals surface area contributed by atoms with Crippen molar-refractivity contribution in [3.63, 3.8) is 0 Å². The molecular weight excluding hydrogens is 252 g/mol. The molecule has 0 spiro atoms. The van der Waals surface area contributed by atoms with Gasteiger partial charge in [-0.25, -0.2) is 0 Å². The zero-order valence-corrected chi connectivity index (χ0v) is 13.2. The van der Waals surface area contributed by atoms with Crippen LogP contribution in [0.3, 0.4) is 0 Å². The minimum absolute atomic E-state index is 0.385. The second kappa shape index (κ2) is 6.78. The third-order valence-electron chi connectivity index (χ3n) is 4.16. The van der Waals surface area contributed by atoms with Crippen LogP contribution in [0.25, 0.3) is 0 Å². The number of benzene rings is 1. The molecule has 2 N–H and O–H groups in total. The van der Waals surface area contributed by atoms with Crippen LogP contribution in [-0.2, 0) is 0 Å². The van der Waals surface area contributed by atoms with Gasteiger partial charge in [-0.2, -0.15) is 11.8 Å². The Morgan fingerprint density at radius 1 is 1.37 bits per heavy atom. The van der Waals surface area contributed by atoms with Crippen LogP contribution in [0, 0.1) is 13.8 Å². The number of hydrogen-bond donors (Lipinski definition) is 1. The molecule has 0 amide bonds. The molecule has 2 nitrogen and oxygen atoms in total. The molecule has 19 heavy (non-hydrogen) atoms. The van der Waals surface area contributed by atoms with E-state index in [-0.39, 0.29) is 0 Å². The third-order valence-corrected chi connectivity index (χ3v) is 5.54. The number of aryl methyl sites for hydroxylation is 2. The summed E-state index contributed by atoms with van der Waals surface area (Å²) in [5, 5.41) is 0.770. The lowest BCUT2D eigenvalue weighted by Crippen LogP contribution is -2.43. The number of hydrogen-bond acceptors (Lipinski definition) is 3. The second-order valence-electron chi connectivity index (χ2n) is 5.45. The summed E-state index contributed by atoms with van der Waals surface area (Å²) in [6.07, 6.45) is 1.26. The summed E-state index contributed by atoms with van der Waals surface area (Å²) in [4.78, 5) is 2.60. The van der Waals surface area contributed by atoms with Gasteiger partial charge in [0.1, 0.15) is 0 Å². The molecule has 0 aromatic heterocycles. The molecule has 0 radical (unpaired) electrons. The number of nitrogens with two attached hydrogens (primary N) is 1. The Balaban J connectivity index is 2.24. The normalized spacial score (nSPS) is 22.4. The Hall–Kier alpha value is -0.510. The molecule has 0 aliphatic carbocycles. The highest BCUT2D eigenvalue weighted by molar-refractivity contribution is 8.00. The molecule has 0 saturated carbocycles. The Morgan fingerprint density at radius 2 is 2.05 bits per heavy atom. The molecule has 0 bridgehead atoms. The standard InChI is InChI=1S/C16H26N2S/c1-4-14-11-18(8-9-19-14)15(10-17)16-12(2)6-5-7-13(16)3/h5-7,14-15H,4,8-11,17H2,1-3H3. The zero-order valence-electron chi connectivity index (χ0n) is 12.4. The van der Waals surface area contributed by atoms with E-state index in [1.54, 1.807) is 0 Å². The van der Waals surface area contributed by atoms with Gasteiger partial charge in [-0.1, -0.05) is 25.1 Å². The van der Waals surface area contributed by atoms with Gasteiger partial charge in [-0.15, -0.1) is 0 Å². The van der Waals surface area contributed by atoms with E-state index in [0.29, 0.717) is 12.6 Å². The molecule has 2 unspecified atom stereocenters. The van der Waals surface area contributed by atoms with E-state index in [2.05, 4.69) is 55.6 Å². The molecule has 1 saturated heterocycles. The van der Waals surface area contributed by atoms with Crippen molar-refractivity contribution < 1.29 is 0 Å². The predicted octanol–water partition coefficient (Wildman–Crippen LogP) is 3.13. The summed E-state index contributed by atoms with van der Waals surface area (Å²) in [6.45, 7) is 9.76. The van der Waals surface area contributed by atoms with Crippen molar-refractivity contribution in [2.45, 2.75) is 38.5 Å². The first-order valence-electron chi connectivity index (χ1n) is 7.29. The molecule has 1 fully saturated rings. The Morgan fingerprint density at radius 3 is 2.63 bits per heavy atom. The van der Waals surface area contributed by atoms with Crippen molar-refractivity contribution in [3.8, 4) is 0 Å². The minimum Gasteiger partial charge on any atom is -0.329 e. The Kier molecular flexibility index (Phi) is 5.31. The molecule has 1 aliphatic heterocycles. The molecule has 1 aromatic carbocycles. The average Bonchev–Trinajstić information content (AvgIpc) is 2.43. The molecule has 106 valence electrons. The smallest absolute Gasteiger partial charge is 0.0476 e. The first kappa shape index (κ1) is 14.9. The van der Waals surface area contributed by atoms with Crippen LogP contribution in [0.15, 0.2) is 18.2 Å². The number of nitrogens with zero attached hydrogens (tertiary/aromatic N) is 1. The maximum Gasteiger partial charge on any atom is 0.0476 e. The molecule has 2 atom stereocenters. The molecule has 3 heteroatoms. The van der Waals surface area contributed by atoms with Gasteiger partial charge in [0.15, 0.2) is 0 Å². The highest BCUT2D eigenvalue weighted by atomic mass is 32.2. The lowest BCUT2D eigenvalue weighted by molar-refractivity contribution is 0.206. The van der Waals surface area contributed by atoms with Crippen molar-refractivity contribution in [3.05, 3.63) is 34.9 Å². The van der Waals surface area contributed by atoms with Gasteiger partial charge >= 0.3 is 0 Å². The lowest BCUT2D eigenvalue weighted by atomic mass is 9.94. The number of rotatable bonds is 4. The SMILES string of the molecule is CCC1CN(C(CN)c2c(C)cccc2C)CCS1. The van der Waals surface area contributed by atoms with Gasteiger partial charge in [0, 0.05) is 36.7 Å². The van der Waals surface area contributed by atoms with Gasteiger partial charge in [0.05, 0.1) is 0 Å². The van der Waals surface area contributed by atoms with Crippen LogP contribution >= 0.6 is 11.8 Å². The van der Waals surface area contributed by atoms with E-state index < -0.39 is 0 Å². The van der Waals surface area contributed by atoms with E-state index in [1.807, 2.05) is 0 Å². The summed E-state index contributed by atoms with van der Waals surface area (Å²) >= 11 is 2.12. The molecule has 1 heterocycles. The molecule has 1 aliphatic rings. The van der Waals surface area contributed by atoms with Gasteiger partial charge in [-0.05, 0) is 37.0 Å². The second-order valence-corrected chi connectivity index (χ2v) is 6.86. The summed E-state index contributed by atoms with van der Waals surface area (Å²) in [6, 6.07) is 6.95. The fourth-order valence-electron chi connectivity index (χ4n) is 3.07. The van der Waals surface area contributed by atoms with Crippen molar-refractivity contribution >= 4 is 11.8 Å². The summed E-state index contributed by atoms with van der Waals surface area (Å²) in [5.74, 6) is 1.24. The first-order chi connectivity index (χ1) is 9.17. The van der Waals surface area contributed by atoms with Crippen LogP contribution in [0.1, 0.15) is 36.1 Å². The van der Waals surface area contributed by atoms with Crippen molar-refractivity contribution in [1.29, 1.82) is 0 Å².